The molecule has 1 amide bonds. The predicted molar refractivity (Wildman–Crippen MR) is 112 cm³/mol. The van der Waals surface area contributed by atoms with Crippen LogP contribution in [-0.4, -0.2) is 10.9 Å². The lowest BCUT2D eigenvalue weighted by Gasteiger charge is -2.03. The van der Waals surface area contributed by atoms with Gasteiger partial charge in [0.05, 0.1) is 12.1 Å². The molecule has 4 aromatic rings. The SMILES string of the molecule is O=C(Cc1ccc(F)cc1)Nc1nc(-c2ccc(-c3ccccc3)cc2)cs1. The maximum atomic E-state index is 12.9. The number of hydrogen-bond acceptors (Lipinski definition) is 3. The third-order valence-corrected chi connectivity index (χ3v) is 5.07. The zero-order valence-electron chi connectivity index (χ0n) is 14.9. The zero-order valence-corrected chi connectivity index (χ0v) is 15.7. The van der Waals surface area contributed by atoms with Crippen molar-refractivity contribution in [2.45, 2.75) is 6.42 Å². The van der Waals surface area contributed by atoms with Crippen LogP contribution < -0.4 is 5.32 Å². The molecule has 28 heavy (non-hydrogen) atoms. The van der Waals surface area contributed by atoms with Gasteiger partial charge in [0.1, 0.15) is 5.82 Å². The van der Waals surface area contributed by atoms with Gasteiger partial charge < -0.3 is 5.32 Å². The van der Waals surface area contributed by atoms with Crippen molar-refractivity contribution in [3.8, 4) is 22.4 Å². The van der Waals surface area contributed by atoms with E-state index in [9.17, 15) is 9.18 Å². The van der Waals surface area contributed by atoms with Gasteiger partial charge in [0.15, 0.2) is 5.13 Å². The Balaban J connectivity index is 1.42. The summed E-state index contributed by atoms with van der Waals surface area (Å²) in [4.78, 5) is 16.7. The van der Waals surface area contributed by atoms with Crippen molar-refractivity contribution in [2.75, 3.05) is 5.32 Å². The molecule has 0 radical (unpaired) electrons. The van der Waals surface area contributed by atoms with Crippen LogP contribution in [0.15, 0.2) is 84.2 Å². The number of aromatic nitrogens is 1. The summed E-state index contributed by atoms with van der Waals surface area (Å²) in [5.41, 5.74) is 4.89. The van der Waals surface area contributed by atoms with E-state index < -0.39 is 0 Å². The Morgan fingerprint density at radius 3 is 2.21 bits per heavy atom. The minimum absolute atomic E-state index is 0.174. The van der Waals surface area contributed by atoms with Crippen LogP contribution in [0, 0.1) is 5.82 Å². The lowest BCUT2D eigenvalue weighted by Crippen LogP contribution is -2.14. The molecule has 0 atom stereocenters. The molecule has 1 N–H and O–H groups in total. The summed E-state index contributed by atoms with van der Waals surface area (Å²) < 4.78 is 12.9. The van der Waals surface area contributed by atoms with Crippen molar-refractivity contribution in [3.05, 3.63) is 95.6 Å². The quantitative estimate of drug-likeness (QED) is 0.470. The lowest BCUT2D eigenvalue weighted by atomic mass is 10.0. The van der Waals surface area contributed by atoms with Crippen molar-refractivity contribution in [3.63, 3.8) is 0 Å². The number of amides is 1. The second kappa shape index (κ2) is 8.15. The van der Waals surface area contributed by atoms with Gasteiger partial charge >= 0.3 is 0 Å². The fraction of sp³-hybridized carbons (Fsp3) is 0.0435. The van der Waals surface area contributed by atoms with Crippen LogP contribution in [0.3, 0.4) is 0 Å². The summed E-state index contributed by atoms with van der Waals surface area (Å²) in [5.74, 6) is -0.487. The maximum Gasteiger partial charge on any atom is 0.230 e. The molecule has 5 heteroatoms. The van der Waals surface area contributed by atoms with Gasteiger partial charge in [-0.2, -0.15) is 0 Å². The minimum atomic E-state index is -0.313. The van der Waals surface area contributed by atoms with E-state index in [1.165, 1.54) is 29.0 Å². The second-order valence-electron chi connectivity index (χ2n) is 6.33. The summed E-state index contributed by atoms with van der Waals surface area (Å²) in [6.45, 7) is 0. The molecule has 0 bridgehead atoms. The normalized spacial score (nSPS) is 10.6. The van der Waals surface area contributed by atoms with Gasteiger partial charge in [-0.25, -0.2) is 9.37 Å². The third-order valence-electron chi connectivity index (χ3n) is 4.32. The molecule has 4 rings (SSSR count). The molecule has 3 aromatic carbocycles. The standard InChI is InChI=1S/C23H17FN2OS/c24-20-12-6-16(7-13-20)14-22(27)26-23-25-21(15-28-23)19-10-8-18(9-11-19)17-4-2-1-3-5-17/h1-13,15H,14H2,(H,25,26,27). The first kappa shape index (κ1) is 18.1. The number of benzene rings is 3. The van der Waals surface area contributed by atoms with Gasteiger partial charge in [-0.3, -0.25) is 4.79 Å². The van der Waals surface area contributed by atoms with E-state index in [0.717, 1.165) is 22.4 Å². The Hall–Kier alpha value is -3.31. The van der Waals surface area contributed by atoms with E-state index in [1.54, 1.807) is 12.1 Å². The highest BCUT2D eigenvalue weighted by atomic mass is 32.1. The van der Waals surface area contributed by atoms with Crippen LogP contribution in [-0.2, 0) is 11.2 Å². The Morgan fingerprint density at radius 2 is 1.50 bits per heavy atom. The molecule has 0 aliphatic heterocycles. The lowest BCUT2D eigenvalue weighted by molar-refractivity contribution is -0.115. The van der Waals surface area contributed by atoms with Crippen LogP contribution in [0.5, 0.6) is 0 Å². The predicted octanol–water partition coefficient (Wildman–Crippen LogP) is 5.80. The van der Waals surface area contributed by atoms with Crippen LogP contribution in [0.1, 0.15) is 5.56 Å². The molecular formula is C23H17FN2OS. The molecule has 3 nitrogen and oxygen atoms in total. The first-order valence-corrected chi connectivity index (χ1v) is 9.71. The number of thiazole rings is 1. The molecule has 138 valence electrons. The molecule has 1 aromatic heterocycles. The highest BCUT2D eigenvalue weighted by Gasteiger charge is 2.09. The van der Waals surface area contributed by atoms with E-state index in [0.29, 0.717) is 5.13 Å². The molecule has 1 heterocycles. The third kappa shape index (κ3) is 4.32. The highest BCUT2D eigenvalue weighted by Crippen LogP contribution is 2.27. The first-order valence-electron chi connectivity index (χ1n) is 8.83. The summed E-state index contributed by atoms with van der Waals surface area (Å²) in [6.07, 6.45) is 0.182. The Morgan fingerprint density at radius 1 is 0.857 bits per heavy atom. The fourth-order valence-electron chi connectivity index (χ4n) is 2.88. The van der Waals surface area contributed by atoms with Crippen LogP contribution in [0.2, 0.25) is 0 Å². The van der Waals surface area contributed by atoms with Gasteiger partial charge in [0.2, 0.25) is 5.91 Å². The van der Waals surface area contributed by atoms with Gasteiger partial charge in [-0.15, -0.1) is 11.3 Å². The molecule has 0 saturated heterocycles. The number of carbonyl (C=O) groups excluding carboxylic acids is 1. The van der Waals surface area contributed by atoms with Crippen molar-refractivity contribution < 1.29 is 9.18 Å². The highest BCUT2D eigenvalue weighted by molar-refractivity contribution is 7.14. The summed E-state index contributed by atoms with van der Waals surface area (Å²) >= 11 is 1.38. The number of hydrogen-bond donors (Lipinski definition) is 1. The second-order valence-corrected chi connectivity index (χ2v) is 7.19. The van der Waals surface area contributed by atoms with Crippen LogP contribution >= 0.6 is 11.3 Å². The van der Waals surface area contributed by atoms with E-state index in [4.69, 9.17) is 0 Å². The average molecular weight is 388 g/mol. The van der Waals surface area contributed by atoms with E-state index in [-0.39, 0.29) is 18.1 Å². The number of halogens is 1. The number of anilines is 1. The monoisotopic (exact) mass is 388 g/mol. The maximum absolute atomic E-state index is 12.9. The number of nitrogens with one attached hydrogen (secondary N) is 1. The Labute approximate surface area is 166 Å². The molecule has 0 spiro atoms. The molecule has 0 unspecified atom stereocenters. The van der Waals surface area contributed by atoms with Crippen molar-refractivity contribution in [1.82, 2.24) is 4.98 Å². The minimum Gasteiger partial charge on any atom is -0.302 e. The number of nitrogens with zero attached hydrogens (tertiary/aromatic N) is 1. The van der Waals surface area contributed by atoms with Crippen molar-refractivity contribution in [2.24, 2.45) is 0 Å². The molecule has 0 aliphatic rings. The van der Waals surface area contributed by atoms with Gasteiger partial charge in [0, 0.05) is 10.9 Å². The van der Waals surface area contributed by atoms with Gasteiger partial charge in [-0.05, 0) is 28.8 Å². The summed E-state index contributed by atoms with van der Waals surface area (Å²) in [6, 6.07) is 24.3. The first-order chi connectivity index (χ1) is 13.7. The van der Waals surface area contributed by atoms with Crippen LogP contribution in [0.4, 0.5) is 9.52 Å². The Bertz CT molecular complexity index is 1070. The van der Waals surface area contributed by atoms with Gasteiger partial charge in [-0.1, -0.05) is 66.7 Å². The molecule has 0 fully saturated rings. The largest absolute Gasteiger partial charge is 0.302 e. The average Bonchev–Trinajstić information content (AvgIpc) is 3.19. The number of carbonyl (C=O) groups is 1. The molecular weight excluding hydrogens is 371 g/mol. The van der Waals surface area contributed by atoms with E-state index >= 15 is 0 Å². The van der Waals surface area contributed by atoms with Crippen molar-refractivity contribution in [1.29, 1.82) is 0 Å². The number of rotatable bonds is 5. The summed E-state index contributed by atoms with van der Waals surface area (Å²) in [7, 11) is 0. The molecule has 0 saturated carbocycles. The smallest absolute Gasteiger partial charge is 0.230 e. The zero-order chi connectivity index (χ0) is 19.3. The van der Waals surface area contributed by atoms with E-state index in [2.05, 4.69) is 34.6 Å². The van der Waals surface area contributed by atoms with E-state index in [1.807, 2.05) is 35.7 Å². The Kier molecular flexibility index (Phi) is 5.26. The summed E-state index contributed by atoms with van der Waals surface area (Å²) in [5, 5.41) is 5.28. The van der Waals surface area contributed by atoms with Gasteiger partial charge in [0.25, 0.3) is 0 Å². The fourth-order valence-corrected chi connectivity index (χ4v) is 3.61. The van der Waals surface area contributed by atoms with Crippen molar-refractivity contribution >= 4 is 22.4 Å². The topological polar surface area (TPSA) is 42.0 Å². The molecule has 0 aliphatic carbocycles. The van der Waals surface area contributed by atoms with Crippen LogP contribution in [0.25, 0.3) is 22.4 Å².